The first-order chi connectivity index (χ1) is 12.1. The molecule has 1 aromatic carbocycles. The Morgan fingerprint density at radius 2 is 1.64 bits per heavy atom. The average Bonchev–Trinajstić information content (AvgIpc) is 2.90. The zero-order chi connectivity index (χ0) is 17.6. The summed E-state index contributed by atoms with van der Waals surface area (Å²) in [6.07, 6.45) is 4.59. The van der Waals surface area contributed by atoms with Gasteiger partial charge in [-0.15, -0.1) is 0 Å². The number of nitrogens with zero attached hydrogens (tertiary/aromatic N) is 2. The molecule has 0 aliphatic carbocycles. The van der Waals surface area contributed by atoms with Gasteiger partial charge in [-0.2, -0.15) is 0 Å². The SMILES string of the molecule is Cc1cccc(C)c1OCc1cccc(C(=O)N2CCCCCC2)n1. The van der Waals surface area contributed by atoms with E-state index in [1.165, 1.54) is 12.8 Å². The second kappa shape index (κ2) is 8.15. The van der Waals surface area contributed by atoms with Gasteiger partial charge in [0.15, 0.2) is 0 Å². The van der Waals surface area contributed by atoms with Gasteiger partial charge >= 0.3 is 0 Å². The van der Waals surface area contributed by atoms with Crippen molar-refractivity contribution in [1.82, 2.24) is 9.88 Å². The first-order valence-electron chi connectivity index (χ1n) is 9.09. The number of hydrogen-bond donors (Lipinski definition) is 0. The molecule has 2 aromatic rings. The van der Waals surface area contributed by atoms with Crippen LogP contribution in [-0.2, 0) is 6.61 Å². The molecule has 3 rings (SSSR count). The van der Waals surface area contributed by atoms with Crippen molar-refractivity contribution >= 4 is 5.91 Å². The lowest BCUT2D eigenvalue weighted by atomic mass is 10.1. The van der Waals surface area contributed by atoms with Gasteiger partial charge in [0.05, 0.1) is 5.69 Å². The van der Waals surface area contributed by atoms with Crippen LogP contribution in [0.5, 0.6) is 5.75 Å². The third kappa shape index (κ3) is 4.38. The molecular formula is C21H26N2O2. The van der Waals surface area contributed by atoms with E-state index in [-0.39, 0.29) is 5.91 Å². The van der Waals surface area contributed by atoms with E-state index in [0.717, 1.165) is 48.5 Å². The van der Waals surface area contributed by atoms with Gasteiger partial charge in [0.2, 0.25) is 0 Å². The Balaban J connectivity index is 1.70. The van der Waals surface area contributed by atoms with Crippen molar-refractivity contribution in [3.05, 3.63) is 58.9 Å². The Labute approximate surface area is 149 Å². The van der Waals surface area contributed by atoms with E-state index in [9.17, 15) is 4.79 Å². The molecule has 25 heavy (non-hydrogen) atoms. The molecule has 0 saturated carbocycles. The predicted octanol–water partition coefficient (Wildman–Crippen LogP) is 4.29. The smallest absolute Gasteiger partial charge is 0.272 e. The molecule has 0 atom stereocenters. The lowest BCUT2D eigenvalue weighted by Gasteiger charge is -2.20. The van der Waals surface area contributed by atoms with Crippen LogP contribution in [0, 0.1) is 13.8 Å². The Kier molecular flexibility index (Phi) is 5.69. The summed E-state index contributed by atoms with van der Waals surface area (Å²) in [7, 11) is 0. The predicted molar refractivity (Wildman–Crippen MR) is 98.9 cm³/mol. The summed E-state index contributed by atoms with van der Waals surface area (Å²) < 4.78 is 5.97. The zero-order valence-electron chi connectivity index (χ0n) is 15.1. The van der Waals surface area contributed by atoms with E-state index < -0.39 is 0 Å². The van der Waals surface area contributed by atoms with Crippen LogP contribution in [0.4, 0.5) is 0 Å². The maximum atomic E-state index is 12.7. The van der Waals surface area contributed by atoms with Crippen LogP contribution in [0.3, 0.4) is 0 Å². The molecule has 1 aromatic heterocycles. The average molecular weight is 338 g/mol. The topological polar surface area (TPSA) is 42.4 Å². The standard InChI is InChI=1S/C21H26N2O2/c1-16-9-7-10-17(2)20(16)25-15-18-11-8-12-19(22-18)21(24)23-13-5-3-4-6-14-23/h7-12H,3-6,13-15H2,1-2H3. The summed E-state index contributed by atoms with van der Waals surface area (Å²) in [5.41, 5.74) is 3.52. The van der Waals surface area contributed by atoms with Crippen molar-refractivity contribution in [1.29, 1.82) is 0 Å². The molecule has 0 spiro atoms. The van der Waals surface area contributed by atoms with Crippen LogP contribution in [-0.4, -0.2) is 28.9 Å². The highest BCUT2D eigenvalue weighted by molar-refractivity contribution is 5.92. The highest BCUT2D eigenvalue weighted by atomic mass is 16.5. The van der Waals surface area contributed by atoms with Crippen molar-refractivity contribution in [3.8, 4) is 5.75 Å². The molecule has 1 aliphatic heterocycles. The number of benzene rings is 1. The first kappa shape index (κ1) is 17.5. The molecular weight excluding hydrogens is 312 g/mol. The van der Waals surface area contributed by atoms with E-state index in [1.54, 1.807) is 6.07 Å². The lowest BCUT2D eigenvalue weighted by molar-refractivity contribution is 0.0755. The van der Waals surface area contributed by atoms with Crippen molar-refractivity contribution in [2.45, 2.75) is 46.1 Å². The van der Waals surface area contributed by atoms with Gasteiger partial charge in [-0.05, 0) is 49.9 Å². The number of para-hydroxylation sites is 1. The number of pyridine rings is 1. The molecule has 2 heterocycles. The van der Waals surface area contributed by atoms with Gasteiger partial charge in [0, 0.05) is 13.1 Å². The Hall–Kier alpha value is -2.36. The number of aromatic nitrogens is 1. The molecule has 0 bridgehead atoms. The Morgan fingerprint density at radius 3 is 2.32 bits per heavy atom. The molecule has 1 fully saturated rings. The minimum atomic E-state index is 0.0378. The molecule has 1 aliphatic rings. The normalized spacial score (nSPS) is 14.9. The van der Waals surface area contributed by atoms with Crippen LogP contribution >= 0.6 is 0 Å². The molecule has 132 valence electrons. The number of rotatable bonds is 4. The van der Waals surface area contributed by atoms with Crippen molar-refractivity contribution < 1.29 is 9.53 Å². The minimum Gasteiger partial charge on any atom is -0.487 e. The Bertz CT molecular complexity index is 714. The fourth-order valence-electron chi connectivity index (χ4n) is 3.29. The van der Waals surface area contributed by atoms with Gasteiger partial charge in [0.25, 0.3) is 5.91 Å². The highest BCUT2D eigenvalue weighted by Gasteiger charge is 2.18. The number of likely N-dealkylation sites (tertiary alicyclic amines) is 1. The summed E-state index contributed by atoms with van der Waals surface area (Å²) in [5.74, 6) is 0.935. The molecule has 0 radical (unpaired) electrons. The molecule has 1 amide bonds. The van der Waals surface area contributed by atoms with E-state index in [0.29, 0.717) is 12.3 Å². The Morgan fingerprint density at radius 1 is 1.00 bits per heavy atom. The lowest BCUT2D eigenvalue weighted by Crippen LogP contribution is -2.32. The second-order valence-corrected chi connectivity index (χ2v) is 6.73. The second-order valence-electron chi connectivity index (χ2n) is 6.73. The number of amides is 1. The van der Waals surface area contributed by atoms with Crippen LogP contribution in [0.25, 0.3) is 0 Å². The molecule has 4 nitrogen and oxygen atoms in total. The van der Waals surface area contributed by atoms with Crippen LogP contribution in [0.2, 0.25) is 0 Å². The van der Waals surface area contributed by atoms with Gasteiger partial charge in [0.1, 0.15) is 18.1 Å². The quantitative estimate of drug-likeness (QED) is 0.835. The molecule has 4 heteroatoms. The number of aryl methyl sites for hydroxylation is 2. The largest absolute Gasteiger partial charge is 0.487 e. The summed E-state index contributed by atoms with van der Waals surface area (Å²) in [5, 5.41) is 0. The fraction of sp³-hybridized carbons (Fsp3) is 0.429. The van der Waals surface area contributed by atoms with Crippen molar-refractivity contribution in [3.63, 3.8) is 0 Å². The van der Waals surface area contributed by atoms with Gasteiger partial charge < -0.3 is 9.64 Å². The third-order valence-electron chi connectivity index (χ3n) is 4.69. The van der Waals surface area contributed by atoms with Crippen LogP contribution in [0.1, 0.15) is 53.0 Å². The van der Waals surface area contributed by atoms with E-state index >= 15 is 0 Å². The van der Waals surface area contributed by atoms with Gasteiger partial charge in [-0.25, -0.2) is 4.98 Å². The van der Waals surface area contributed by atoms with E-state index in [1.807, 2.05) is 49.1 Å². The van der Waals surface area contributed by atoms with Crippen LogP contribution < -0.4 is 4.74 Å². The van der Waals surface area contributed by atoms with Gasteiger partial charge in [-0.1, -0.05) is 37.1 Å². The van der Waals surface area contributed by atoms with E-state index in [4.69, 9.17) is 4.74 Å². The maximum absolute atomic E-state index is 12.7. The number of hydrogen-bond acceptors (Lipinski definition) is 3. The van der Waals surface area contributed by atoms with Crippen molar-refractivity contribution in [2.24, 2.45) is 0 Å². The monoisotopic (exact) mass is 338 g/mol. The summed E-state index contributed by atoms with van der Waals surface area (Å²) >= 11 is 0. The fourth-order valence-corrected chi connectivity index (χ4v) is 3.29. The van der Waals surface area contributed by atoms with Crippen molar-refractivity contribution in [2.75, 3.05) is 13.1 Å². The highest BCUT2D eigenvalue weighted by Crippen LogP contribution is 2.23. The first-order valence-corrected chi connectivity index (χ1v) is 9.09. The number of carbonyl (C=O) groups is 1. The van der Waals surface area contributed by atoms with Gasteiger partial charge in [-0.3, -0.25) is 4.79 Å². The minimum absolute atomic E-state index is 0.0378. The van der Waals surface area contributed by atoms with E-state index in [2.05, 4.69) is 4.98 Å². The zero-order valence-corrected chi connectivity index (χ0v) is 15.1. The molecule has 0 unspecified atom stereocenters. The summed E-state index contributed by atoms with van der Waals surface area (Å²) in [4.78, 5) is 19.2. The van der Waals surface area contributed by atoms with Crippen LogP contribution in [0.15, 0.2) is 36.4 Å². The molecule has 1 saturated heterocycles. The molecule has 0 N–H and O–H groups in total. The number of ether oxygens (including phenoxy) is 1. The number of carbonyl (C=O) groups excluding carboxylic acids is 1. The summed E-state index contributed by atoms with van der Waals surface area (Å²) in [6.45, 7) is 6.12. The third-order valence-corrected chi connectivity index (χ3v) is 4.69. The summed E-state index contributed by atoms with van der Waals surface area (Å²) in [6, 6.07) is 11.7. The maximum Gasteiger partial charge on any atom is 0.272 e.